The SMILES string of the molecule is [CH3][Ge]([CH3])([CH2]Cl)[CH2]Cl. The summed E-state index contributed by atoms with van der Waals surface area (Å²) in [6.07, 6.45) is 0. The van der Waals surface area contributed by atoms with Gasteiger partial charge in [-0.25, -0.2) is 0 Å². The molecule has 7 heavy (non-hydrogen) atoms. The summed E-state index contributed by atoms with van der Waals surface area (Å²) in [6, 6.07) is 0. The van der Waals surface area contributed by atoms with Gasteiger partial charge in [0.2, 0.25) is 0 Å². The van der Waals surface area contributed by atoms with E-state index in [2.05, 4.69) is 11.5 Å². The topological polar surface area (TPSA) is 0 Å². The Morgan fingerprint density at radius 3 is 1.43 bits per heavy atom. The van der Waals surface area contributed by atoms with Crippen molar-refractivity contribution in [3.8, 4) is 0 Å². The fraction of sp³-hybridized carbons (Fsp3) is 1.00. The van der Waals surface area contributed by atoms with Gasteiger partial charge in [-0.1, -0.05) is 0 Å². The molecule has 0 nitrogen and oxygen atoms in total. The Balaban J connectivity index is 3.36. The van der Waals surface area contributed by atoms with Gasteiger partial charge in [-0.15, -0.1) is 0 Å². The van der Waals surface area contributed by atoms with E-state index in [1.165, 1.54) is 0 Å². The summed E-state index contributed by atoms with van der Waals surface area (Å²) >= 11 is 9.63. The molecule has 0 aliphatic rings. The summed E-state index contributed by atoms with van der Waals surface area (Å²) in [6.45, 7) is 0. The number of hydrogen-bond donors (Lipinski definition) is 0. The van der Waals surface area contributed by atoms with Gasteiger partial charge in [-0.05, 0) is 0 Å². The average Bonchev–Trinajstić information content (AvgIpc) is 1.68. The Bertz CT molecular complexity index is 47.7. The molecule has 3 heteroatoms. The molecule has 0 N–H and O–H groups in total. The second-order valence-corrected chi connectivity index (χ2v) is 15.4. The zero-order valence-corrected chi connectivity index (χ0v) is 8.28. The average molecular weight is 202 g/mol. The number of rotatable bonds is 2. The standard InChI is InChI=1S/C4H10Cl2Ge/c1-7(2,3-5)4-6/h3-4H2,1-2H3. The molecule has 0 saturated heterocycles. The van der Waals surface area contributed by atoms with Crippen molar-refractivity contribution in [2.45, 2.75) is 11.5 Å². The molecular weight excluding hydrogens is 192 g/mol. The third kappa shape index (κ3) is 3.68. The van der Waals surface area contributed by atoms with Gasteiger partial charge in [-0.3, -0.25) is 0 Å². The van der Waals surface area contributed by atoms with Crippen molar-refractivity contribution in [2.75, 3.05) is 9.42 Å². The molecule has 0 amide bonds. The van der Waals surface area contributed by atoms with Crippen LogP contribution >= 0.6 is 23.2 Å². The van der Waals surface area contributed by atoms with Gasteiger partial charge >= 0.3 is 57.4 Å². The first-order valence-corrected chi connectivity index (χ1v) is 10.5. The van der Waals surface area contributed by atoms with Gasteiger partial charge < -0.3 is 0 Å². The van der Waals surface area contributed by atoms with Crippen molar-refractivity contribution in [1.29, 1.82) is 0 Å². The fourth-order valence-corrected chi connectivity index (χ4v) is 1.67. The molecule has 44 valence electrons. The summed E-state index contributed by atoms with van der Waals surface area (Å²) in [4.78, 5) is 0. The molecule has 0 atom stereocenters. The van der Waals surface area contributed by atoms with Gasteiger partial charge in [0.25, 0.3) is 0 Å². The van der Waals surface area contributed by atoms with E-state index in [9.17, 15) is 0 Å². The molecule has 0 aromatic heterocycles. The molecular formula is C4H10Cl2Ge. The van der Waals surface area contributed by atoms with Crippen LogP contribution in [0.2, 0.25) is 11.5 Å². The van der Waals surface area contributed by atoms with E-state index < -0.39 is 13.3 Å². The van der Waals surface area contributed by atoms with Gasteiger partial charge in [0.05, 0.1) is 0 Å². The van der Waals surface area contributed by atoms with Gasteiger partial charge in [0.1, 0.15) is 0 Å². The van der Waals surface area contributed by atoms with Gasteiger partial charge in [-0.2, -0.15) is 0 Å². The van der Waals surface area contributed by atoms with Crippen LogP contribution in [0, 0.1) is 0 Å². The normalized spacial score (nSPS) is 12.0. The first-order valence-electron chi connectivity index (χ1n) is 2.24. The van der Waals surface area contributed by atoms with Gasteiger partial charge in [0, 0.05) is 0 Å². The van der Waals surface area contributed by atoms with Crippen LogP contribution in [0.25, 0.3) is 0 Å². The minimum absolute atomic E-state index is 0.823. The van der Waals surface area contributed by atoms with E-state index in [0.29, 0.717) is 0 Å². The van der Waals surface area contributed by atoms with Crippen LogP contribution in [0.15, 0.2) is 0 Å². The predicted octanol–water partition coefficient (Wildman–Crippen LogP) is 2.25. The molecule has 0 spiro atoms. The zero-order valence-electron chi connectivity index (χ0n) is 4.67. The zero-order chi connectivity index (χ0) is 5.91. The van der Waals surface area contributed by atoms with Crippen LogP contribution in [-0.4, -0.2) is 22.7 Å². The molecule has 0 fully saturated rings. The van der Waals surface area contributed by atoms with Crippen LogP contribution in [-0.2, 0) is 0 Å². The van der Waals surface area contributed by atoms with Crippen molar-refractivity contribution in [3.63, 3.8) is 0 Å². The number of halogens is 2. The summed E-state index contributed by atoms with van der Waals surface area (Å²) in [5, 5.41) is 0. The van der Waals surface area contributed by atoms with Crippen molar-refractivity contribution in [1.82, 2.24) is 0 Å². The Hall–Kier alpha value is 1.12. The van der Waals surface area contributed by atoms with Crippen LogP contribution in [0.1, 0.15) is 0 Å². The molecule has 0 unspecified atom stereocenters. The molecule has 0 bridgehead atoms. The van der Waals surface area contributed by atoms with Crippen LogP contribution < -0.4 is 0 Å². The van der Waals surface area contributed by atoms with E-state index in [4.69, 9.17) is 23.2 Å². The minimum atomic E-state index is -1.55. The summed E-state index contributed by atoms with van der Waals surface area (Å²) in [5.41, 5.74) is 0. The van der Waals surface area contributed by atoms with E-state index in [1.807, 2.05) is 0 Å². The molecule has 0 saturated carbocycles. The quantitative estimate of drug-likeness (QED) is 0.475. The molecule has 0 radical (unpaired) electrons. The Labute approximate surface area is 57.5 Å². The maximum absolute atomic E-state index is 5.59. The molecule has 0 aromatic rings. The molecule has 0 aliphatic heterocycles. The second kappa shape index (κ2) is 3.21. The molecule has 0 aromatic carbocycles. The van der Waals surface area contributed by atoms with Crippen molar-refractivity contribution in [3.05, 3.63) is 0 Å². The maximum atomic E-state index is 5.59. The summed E-state index contributed by atoms with van der Waals surface area (Å²) < 4.78 is 1.65. The molecule has 0 rings (SSSR count). The third-order valence-electron chi connectivity index (χ3n) is 0.724. The summed E-state index contributed by atoms with van der Waals surface area (Å²) in [7, 11) is 0. The number of alkyl halides is 2. The first-order chi connectivity index (χ1) is 3.12. The van der Waals surface area contributed by atoms with E-state index in [0.717, 1.165) is 9.42 Å². The van der Waals surface area contributed by atoms with Crippen LogP contribution in [0.5, 0.6) is 0 Å². The Morgan fingerprint density at radius 1 is 1.14 bits per heavy atom. The van der Waals surface area contributed by atoms with Crippen molar-refractivity contribution in [2.24, 2.45) is 0 Å². The monoisotopic (exact) mass is 202 g/mol. The fourth-order valence-electron chi connectivity index (χ4n) is 0.0357. The predicted molar refractivity (Wildman–Crippen MR) is 38.9 cm³/mol. The Morgan fingerprint density at radius 2 is 1.43 bits per heavy atom. The van der Waals surface area contributed by atoms with Gasteiger partial charge in [0.15, 0.2) is 0 Å². The second-order valence-electron chi connectivity index (χ2n) is 2.43. The summed E-state index contributed by atoms with van der Waals surface area (Å²) in [5.74, 6) is 4.44. The van der Waals surface area contributed by atoms with E-state index >= 15 is 0 Å². The third-order valence-corrected chi connectivity index (χ3v) is 11.3. The van der Waals surface area contributed by atoms with Crippen LogP contribution in [0.4, 0.5) is 0 Å². The molecule has 0 aliphatic carbocycles. The van der Waals surface area contributed by atoms with E-state index in [-0.39, 0.29) is 0 Å². The van der Waals surface area contributed by atoms with E-state index in [1.54, 1.807) is 0 Å². The van der Waals surface area contributed by atoms with Crippen LogP contribution in [0.3, 0.4) is 0 Å². The van der Waals surface area contributed by atoms with Crippen molar-refractivity contribution >= 4 is 36.5 Å². The first kappa shape index (κ1) is 8.12. The van der Waals surface area contributed by atoms with Crippen molar-refractivity contribution < 1.29 is 0 Å². The number of hydrogen-bond acceptors (Lipinski definition) is 0. The molecule has 0 heterocycles. The Kier molecular flexibility index (Phi) is 3.72.